The fourth-order valence-electron chi connectivity index (χ4n) is 7.14. The third kappa shape index (κ3) is 9.08. The van der Waals surface area contributed by atoms with Crippen LogP contribution in [-0.4, -0.2) is 0 Å². The zero-order valence-electron chi connectivity index (χ0n) is 32.8. The van der Waals surface area contributed by atoms with Crippen molar-refractivity contribution in [1.82, 2.24) is 0 Å². The summed E-state index contributed by atoms with van der Waals surface area (Å²) in [6.45, 7) is 9.20. The summed E-state index contributed by atoms with van der Waals surface area (Å²) < 4.78 is 0. The third-order valence-corrected chi connectivity index (χ3v) is 20.3. The van der Waals surface area contributed by atoms with E-state index < -0.39 is 0 Å². The van der Waals surface area contributed by atoms with Crippen molar-refractivity contribution in [3.63, 3.8) is 0 Å². The van der Waals surface area contributed by atoms with E-state index in [1.807, 2.05) is 90.7 Å². The van der Waals surface area contributed by atoms with E-state index in [4.69, 9.17) is 0 Å². The van der Waals surface area contributed by atoms with Gasteiger partial charge in [-0.3, -0.25) is 0 Å². The summed E-state index contributed by atoms with van der Waals surface area (Å²) in [7, 11) is 0. The first kappa shape index (κ1) is 40.4. The first-order valence-electron chi connectivity index (χ1n) is 20.4. The number of hydrogen-bond donors (Lipinski definition) is 0. The number of thiophene rings is 8. The molecule has 290 valence electrons. The largest absolute Gasteiger partial charge is 0.143 e. The van der Waals surface area contributed by atoms with E-state index in [-0.39, 0.29) is 0 Å². The highest BCUT2D eigenvalue weighted by atomic mass is 32.1. The molecule has 56 heavy (non-hydrogen) atoms. The molecule has 0 aliphatic heterocycles. The van der Waals surface area contributed by atoms with Crippen molar-refractivity contribution in [2.45, 2.75) is 105 Å². The summed E-state index contributed by atoms with van der Waals surface area (Å²) in [5.41, 5.74) is 6.05. The molecular weight excluding hydrogens is 833 g/mol. The molecule has 0 fully saturated rings. The summed E-state index contributed by atoms with van der Waals surface area (Å²) in [5, 5.41) is 4.63. The van der Waals surface area contributed by atoms with Gasteiger partial charge in [-0.1, -0.05) is 53.4 Å². The maximum absolute atomic E-state index is 2.56. The summed E-state index contributed by atoms with van der Waals surface area (Å²) in [5.74, 6) is 0. The van der Waals surface area contributed by atoms with Crippen LogP contribution < -0.4 is 0 Å². The molecule has 0 unspecified atom stereocenters. The molecule has 0 radical (unpaired) electrons. The van der Waals surface area contributed by atoms with E-state index in [1.54, 1.807) is 0 Å². The fourth-order valence-corrected chi connectivity index (χ4v) is 16.3. The molecule has 0 bridgehead atoms. The third-order valence-electron chi connectivity index (χ3n) is 10.3. The molecule has 0 amide bonds. The average molecular weight is 883 g/mol. The van der Waals surface area contributed by atoms with E-state index in [0.29, 0.717) is 0 Å². The van der Waals surface area contributed by atoms with Crippen molar-refractivity contribution in [2.24, 2.45) is 0 Å². The molecule has 8 aromatic rings. The highest BCUT2D eigenvalue weighted by molar-refractivity contribution is 7.31. The van der Waals surface area contributed by atoms with Gasteiger partial charge in [0.25, 0.3) is 0 Å². The molecule has 0 saturated carbocycles. The summed E-state index contributed by atoms with van der Waals surface area (Å²) in [6, 6.07) is 28.7. The van der Waals surface area contributed by atoms with Crippen LogP contribution in [0, 0.1) is 0 Å². The van der Waals surface area contributed by atoms with E-state index in [0.717, 1.165) is 12.8 Å². The molecular formula is C48H50S8. The second-order valence-electron chi connectivity index (χ2n) is 14.6. The van der Waals surface area contributed by atoms with Crippen molar-refractivity contribution in [3.05, 3.63) is 106 Å². The smallest absolute Gasteiger partial charge is 0.0481 e. The van der Waals surface area contributed by atoms with Crippen LogP contribution in [0.1, 0.15) is 101 Å². The maximum Gasteiger partial charge on any atom is 0.0481 e. The Kier molecular flexibility index (Phi) is 13.8. The van der Waals surface area contributed by atoms with Gasteiger partial charge in [-0.15, -0.1) is 90.7 Å². The summed E-state index contributed by atoms with van der Waals surface area (Å²) >= 11 is 15.7. The summed E-state index contributed by atoms with van der Waals surface area (Å²) in [6.07, 6.45) is 14.5. The zero-order valence-corrected chi connectivity index (χ0v) is 39.4. The van der Waals surface area contributed by atoms with Crippen LogP contribution in [0.25, 0.3) is 68.3 Å². The van der Waals surface area contributed by atoms with Gasteiger partial charge in [-0.25, -0.2) is 0 Å². The normalized spacial score (nSPS) is 11.7. The van der Waals surface area contributed by atoms with Crippen LogP contribution in [-0.2, 0) is 25.7 Å². The molecule has 0 spiro atoms. The number of aryl methyl sites for hydroxylation is 4. The van der Waals surface area contributed by atoms with Crippen molar-refractivity contribution in [1.29, 1.82) is 0 Å². The molecule has 0 aliphatic rings. The topological polar surface area (TPSA) is 0 Å². The molecule has 8 aromatic heterocycles. The minimum absolute atomic E-state index is 1.14. The van der Waals surface area contributed by atoms with Crippen LogP contribution in [0.5, 0.6) is 0 Å². The van der Waals surface area contributed by atoms with Crippen LogP contribution in [0.15, 0.2) is 83.6 Å². The lowest BCUT2D eigenvalue weighted by Crippen LogP contribution is -1.84. The minimum Gasteiger partial charge on any atom is -0.143 e. The van der Waals surface area contributed by atoms with Gasteiger partial charge in [-0.2, -0.15) is 0 Å². The Balaban J connectivity index is 1.06. The van der Waals surface area contributed by atoms with Gasteiger partial charge in [0.05, 0.1) is 0 Å². The van der Waals surface area contributed by atoms with Gasteiger partial charge in [0, 0.05) is 68.3 Å². The van der Waals surface area contributed by atoms with Crippen LogP contribution >= 0.6 is 90.7 Å². The Morgan fingerprint density at radius 1 is 0.339 bits per heavy atom. The molecule has 0 saturated heterocycles. The lowest BCUT2D eigenvalue weighted by molar-refractivity contribution is 0.797. The number of rotatable bonds is 19. The maximum atomic E-state index is 2.56. The highest BCUT2D eigenvalue weighted by Crippen LogP contribution is 2.50. The molecule has 0 aromatic carbocycles. The minimum atomic E-state index is 1.14. The van der Waals surface area contributed by atoms with Crippen molar-refractivity contribution in [2.75, 3.05) is 0 Å². The van der Waals surface area contributed by atoms with Gasteiger partial charge in [0.15, 0.2) is 0 Å². The van der Waals surface area contributed by atoms with Crippen LogP contribution in [0.2, 0.25) is 0 Å². The SMILES string of the molecule is CCCCc1csc(-c2ccc(-c3ccc(-c4sc(-c5sc(-c6ccc(-c7ccc(-c8sccc8CCCC)s7)s6)cc5CCCC)cc4CCCC)s3)s2)c1. The van der Waals surface area contributed by atoms with Crippen LogP contribution in [0.3, 0.4) is 0 Å². The Hall–Kier alpha value is -2.40. The lowest BCUT2D eigenvalue weighted by atomic mass is 10.1. The molecule has 8 rings (SSSR count). The molecule has 0 atom stereocenters. The summed E-state index contributed by atoms with van der Waals surface area (Å²) in [4.78, 5) is 19.9. The Labute approximate surface area is 366 Å². The van der Waals surface area contributed by atoms with Gasteiger partial charge in [-0.05, 0) is 157 Å². The number of hydrogen-bond acceptors (Lipinski definition) is 8. The zero-order chi connectivity index (χ0) is 38.4. The van der Waals surface area contributed by atoms with Crippen LogP contribution in [0.4, 0.5) is 0 Å². The van der Waals surface area contributed by atoms with Gasteiger partial charge >= 0.3 is 0 Å². The van der Waals surface area contributed by atoms with Crippen molar-refractivity contribution >= 4 is 90.7 Å². The second-order valence-corrected chi connectivity index (χ2v) is 22.9. The van der Waals surface area contributed by atoms with Gasteiger partial charge < -0.3 is 0 Å². The van der Waals surface area contributed by atoms with Gasteiger partial charge in [0.1, 0.15) is 0 Å². The van der Waals surface area contributed by atoms with Crippen molar-refractivity contribution in [3.8, 4) is 68.3 Å². The Morgan fingerprint density at radius 2 is 0.768 bits per heavy atom. The molecule has 0 nitrogen and oxygen atoms in total. The Bertz CT molecular complexity index is 2450. The van der Waals surface area contributed by atoms with Crippen molar-refractivity contribution < 1.29 is 0 Å². The predicted octanol–water partition coefficient (Wildman–Crippen LogP) is 19.2. The first-order chi connectivity index (χ1) is 27.5. The molecule has 8 heterocycles. The standard InChI is InChI=1S/C48H50S8/c1-5-9-13-31-27-43(50-30-31)39-19-17-35(51-39)38-22-24-42(54-38)47-34(16-12-8-4)29-45(56-47)48-33(15-11-7-3)28-44(55-48)40-20-18-36(52-40)37-21-23-41(53-37)46-32(14-10-6-2)25-26-49-46/h17-30H,5-16H2,1-4H3. The molecule has 0 N–H and O–H groups in total. The molecule has 0 aliphatic carbocycles. The van der Waals surface area contributed by atoms with E-state index in [1.165, 1.54) is 155 Å². The monoisotopic (exact) mass is 882 g/mol. The quantitative estimate of drug-likeness (QED) is 0.0759. The first-order valence-corrected chi connectivity index (χ1v) is 27.0. The predicted molar refractivity (Wildman–Crippen MR) is 262 cm³/mol. The lowest BCUT2D eigenvalue weighted by Gasteiger charge is -2.00. The van der Waals surface area contributed by atoms with E-state index in [2.05, 4.69) is 111 Å². The van der Waals surface area contributed by atoms with E-state index >= 15 is 0 Å². The number of unbranched alkanes of at least 4 members (excludes halogenated alkanes) is 4. The molecule has 8 heteroatoms. The van der Waals surface area contributed by atoms with Gasteiger partial charge in [0.2, 0.25) is 0 Å². The van der Waals surface area contributed by atoms with E-state index in [9.17, 15) is 0 Å². The highest BCUT2D eigenvalue weighted by Gasteiger charge is 2.21. The average Bonchev–Trinajstić information content (AvgIpc) is 4.07. The second kappa shape index (κ2) is 19.1. The Morgan fingerprint density at radius 3 is 1.36 bits per heavy atom. The fraction of sp³-hybridized carbons (Fsp3) is 0.333.